The average molecular weight is 361 g/mol. The molecular formula is C14H21BrN2O2S. The zero-order valence-corrected chi connectivity index (χ0v) is 14.5. The van der Waals surface area contributed by atoms with Crippen LogP contribution in [0.15, 0.2) is 29.2 Å². The molecule has 1 aromatic carbocycles. The molecule has 0 radical (unpaired) electrons. The lowest BCUT2D eigenvalue weighted by molar-refractivity contribution is 0.466. The SMILES string of the molecule is CC1CN(c2ccc(S(=O)(=O)N(C)C)cc2)CCC1Br. The molecule has 0 aromatic heterocycles. The smallest absolute Gasteiger partial charge is 0.242 e. The maximum absolute atomic E-state index is 12.0. The molecule has 0 spiro atoms. The van der Waals surface area contributed by atoms with Gasteiger partial charge in [0.2, 0.25) is 10.0 Å². The summed E-state index contributed by atoms with van der Waals surface area (Å²) < 4.78 is 25.3. The molecule has 0 bridgehead atoms. The number of anilines is 1. The van der Waals surface area contributed by atoms with Gasteiger partial charge in [-0.2, -0.15) is 0 Å². The van der Waals surface area contributed by atoms with Crippen molar-refractivity contribution in [3.8, 4) is 0 Å². The zero-order valence-electron chi connectivity index (χ0n) is 12.1. The molecule has 1 heterocycles. The largest absolute Gasteiger partial charge is 0.371 e. The highest BCUT2D eigenvalue weighted by Gasteiger charge is 2.24. The van der Waals surface area contributed by atoms with Crippen LogP contribution in [0.2, 0.25) is 0 Å². The number of hydrogen-bond donors (Lipinski definition) is 0. The van der Waals surface area contributed by atoms with Crippen LogP contribution in [0.5, 0.6) is 0 Å². The van der Waals surface area contributed by atoms with E-state index in [-0.39, 0.29) is 0 Å². The number of sulfonamides is 1. The number of hydrogen-bond acceptors (Lipinski definition) is 3. The number of rotatable bonds is 3. The van der Waals surface area contributed by atoms with Crippen molar-refractivity contribution in [2.75, 3.05) is 32.1 Å². The minimum atomic E-state index is -3.34. The van der Waals surface area contributed by atoms with E-state index < -0.39 is 10.0 Å². The molecule has 1 aliphatic heterocycles. The van der Waals surface area contributed by atoms with E-state index in [0.717, 1.165) is 25.2 Å². The Hall–Kier alpha value is -0.590. The summed E-state index contributed by atoms with van der Waals surface area (Å²) in [6.45, 7) is 4.23. The lowest BCUT2D eigenvalue weighted by atomic mass is 9.99. The van der Waals surface area contributed by atoms with E-state index in [9.17, 15) is 8.42 Å². The second-order valence-electron chi connectivity index (χ2n) is 5.51. The van der Waals surface area contributed by atoms with Crippen LogP contribution < -0.4 is 4.90 Å². The maximum atomic E-state index is 12.0. The summed E-state index contributed by atoms with van der Waals surface area (Å²) >= 11 is 3.70. The summed E-state index contributed by atoms with van der Waals surface area (Å²) in [7, 11) is -0.242. The highest BCUT2D eigenvalue weighted by Crippen LogP contribution is 2.28. The Morgan fingerprint density at radius 1 is 1.25 bits per heavy atom. The van der Waals surface area contributed by atoms with Crippen molar-refractivity contribution in [2.24, 2.45) is 5.92 Å². The molecule has 0 saturated carbocycles. The van der Waals surface area contributed by atoms with Crippen molar-refractivity contribution < 1.29 is 8.42 Å². The minimum absolute atomic E-state index is 0.342. The van der Waals surface area contributed by atoms with Crippen LogP contribution in [0.4, 0.5) is 5.69 Å². The summed E-state index contributed by atoms with van der Waals surface area (Å²) in [5.74, 6) is 0.592. The number of piperidine rings is 1. The van der Waals surface area contributed by atoms with Crippen LogP contribution in [0.3, 0.4) is 0 Å². The van der Waals surface area contributed by atoms with Gasteiger partial charge in [0.25, 0.3) is 0 Å². The normalized spacial score (nSPS) is 24.1. The van der Waals surface area contributed by atoms with Crippen molar-refractivity contribution in [1.29, 1.82) is 0 Å². The molecule has 1 aliphatic rings. The van der Waals surface area contributed by atoms with Gasteiger partial charge in [-0.3, -0.25) is 0 Å². The van der Waals surface area contributed by atoms with Crippen LogP contribution in [0, 0.1) is 5.92 Å². The van der Waals surface area contributed by atoms with Crippen molar-refractivity contribution in [3.05, 3.63) is 24.3 Å². The first kappa shape index (κ1) is 15.8. The number of benzene rings is 1. The van der Waals surface area contributed by atoms with Gasteiger partial charge in [0.1, 0.15) is 0 Å². The third-order valence-corrected chi connectivity index (χ3v) is 6.97. The van der Waals surface area contributed by atoms with Crippen molar-refractivity contribution >= 4 is 31.6 Å². The molecule has 1 fully saturated rings. The van der Waals surface area contributed by atoms with Gasteiger partial charge in [-0.05, 0) is 36.6 Å². The first-order valence-electron chi connectivity index (χ1n) is 6.74. The molecule has 2 rings (SSSR count). The van der Waals surface area contributed by atoms with E-state index in [1.54, 1.807) is 26.2 Å². The van der Waals surface area contributed by atoms with Crippen LogP contribution in [0.1, 0.15) is 13.3 Å². The third-order valence-electron chi connectivity index (χ3n) is 3.78. The van der Waals surface area contributed by atoms with Gasteiger partial charge in [0.05, 0.1) is 4.90 Å². The van der Waals surface area contributed by atoms with Gasteiger partial charge in [0, 0.05) is 37.7 Å². The molecular weight excluding hydrogens is 340 g/mol. The van der Waals surface area contributed by atoms with Gasteiger partial charge in [-0.25, -0.2) is 12.7 Å². The Kier molecular flexibility index (Phi) is 4.76. The third kappa shape index (κ3) is 3.18. The minimum Gasteiger partial charge on any atom is -0.371 e. The van der Waals surface area contributed by atoms with Gasteiger partial charge in [-0.15, -0.1) is 0 Å². The highest BCUT2D eigenvalue weighted by molar-refractivity contribution is 9.09. The molecule has 0 amide bonds. The fourth-order valence-electron chi connectivity index (χ4n) is 2.39. The van der Waals surface area contributed by atoms with Gasteiger partial charge < -0.3 is 4.90 Å². The van der Waals surface area contributed by atoms with Gasteiger partial charge >= 0.3 is 0 Å². The molecule has 6 heteroatoms. The van der Waals surface area contributed by atoms with E-state index in [0.29, 0.717) is 15.6 Å². The topological polar surface area (TPSA) is 40.6 Å². The van der Waals surface area contributed by atoms with Crippen LogP contribution in [-0.4, -0.2) is 44.7 Å². The van der Waals surface area contributed by atoms with E-state index >= 15 is 0 Å². The Morgan fingerprint density at radius 2 is 1.85 bits per heavy atom. The number of halogens is 1. The fourth-order valence-corrected chi connectivity index (χ4v) is 3.66. The van der Waals surface area contributed by atoms with Crippen LogP contribution in [0.25, 0.3) is 0 Å². The van der Waals surface area contributed by atoms with E-state index in [4.69, 9.17) is 0 Å². The molecule has 112 valence electrons. The lowest BCUT2D eigenvalue weighted by Crippen LogP contribution is -2.39. The lowest BCUT2D eigenvalue weighted by Gasteiger charge is -2.36. The molecule has 4 nitrogen and oxygen atoms in total. The van der Waals surface area contributed by atoms with Crippen LogP contribution in [-0.2, 0) is 10.0 Å². The number of alkyl halides is 1. The highest BCUT2D eigenvalue weighted by atomic mass is 79.9. The molecule has 0 N–H and O–H groups in total. The molecule has 20 heavy (non-hydrogen) atoms. The zero-order chi connectivity index (χ0) is 14.9. The first-order valence-corrected chi connectivity index (χ1v) is 9.09. The summed E-state index contributed by atoms with van der Waals surface area (Å²) in [6, 6.07) is 7.18. The molecule has 1 saturated heterocycles. The monoisotopic (exact) mass is 360 g/mol. The van der Waals surface area contributed by atoms with Gasteiger partial charge in [0.15, 0.2) is 0 Å². The summed E-state index contributed by atoms with van der Waals surface area (Å²) in [6.07, 6.45) is 1.11. The fraction of sp³-hybridized carbons (Fsp3) is 0.571. The maximum Gasteiger partial charge on any atom is 0.242 e. The van der Waals surface area contributed by atoms with Gasteiger partial charge in [-0.1, -0.05) is 22.9 Å². The molecule has 0 aliphatic carbocycles. The first-order chi connectivity index (χ1) is 9.32. The van der Waals surface area contributed by atoms with E-state index in [2.05, 4.69) is 27.8 Å². The Labute approximate surface area is 129 Å². The predicted molar refractivity (Wildman–Crippen MR) is 86.0 cm³/mol. The average Bonchev–Trinajstić information content (AvgIpc) is 2.42. The summed E-state index contributed by atoms with van der Waals surface area (Å²) in [5.41, 5.74) is 1.09. The van der Waals surface area contributed by atoms with Crippen molar-refractivity contribution in [2.45, 2.75) is 23.1 Å². The number of nitrogens with zero attached hydrogens (tertiary/aromatic N) is 2. The second-order valence-corrected chi connectivity index (χ2v) is 8.84. The molecule has 1 aromatic rings. The Bertz CT molecular complexity index is 557. The standard InChI is InChI=1S/C14H21BrN2O2S/c1-11-10-17(9-8-14(11)15)12-4-6-13(7-5-12)20(18,19)16(2)3/h4-7,11,14H,8-10H2,1-3H3. The molecule has 2 unspecified atom stereocenters. The Morgan fingerprint density at radius 3 is 2.35 bits per heavy atom. The van der Waals surface area contributed by atoms with E-state index in [1.807, 2.05) is 12.1 Å². The molecule has 2 atom stereocenters. The Balaban J connectivity index is 2.17. The van der Waals surface area contributed by atoms with E-state index in [1.165, 1.54) is 4.31 Å². The second kappa shape index (κ2) is 6.03. The predicted octanol–water partition coefficient (Wildman–Crippen LogP) is 2.55. The summed E-state index contributed by atoms with van der Waals surface area (Å²) in [4.78, 5) is 3.23. The van der Waals surface area contributed by atoms with Crippen molar-refractivity contribution in [1.82, 2.24) is 4.31 Å². The quantitative estimate of drug-likeness (QED) is 0.777. The van der Waals surface area contributed by atoms with Crippen molar-refractivity contribution in [3.63, 3.8) is 0 Å². The summed E-state index contributed by atoms with van der Waals surface area (Å²) in [5, 5.41) is 0. The van der Waals surface area contributed by atoms with Crippen LogP contribution >= 0.6 is 15.9 Å².